The van der Waals surface area contributed by atoms with Crippen molar-refractivity contribution < 1.29 is 13.9 Å². The van der Waals surface area contributed by atoms with Crippen LogP contribution in [0.15, 0.2) is 46.9 Å². The molecule has 21 heavy (non-hydrogen) atoms. The highest BCUT2D eigenvalue weighted by molar-refractivity contribution is 9.10. The highest BCUT2D eigenvalue weighted by Crippen LogP contribution is 2.21. The fraction of sp³-hybridized carbons (Fsp3) is 0.250. The van der Waals surface area contributed by atoms with E-state index in [1.165, 1.54) is 0 Å². The van der Waals surface area contributed by atoms with Crippen LogP contribution in [0.25, 0.3) is 0 Å². The summed E-state index contributed by atoms with van der Waals surface area (Å²) in [6, 6.07) is 10.8. The Morgan fingerprint density at radius 1 is 1.19 bits per heavy atom. The zero-order chi connectivity index (χ0) is 15.4. The van der Waals surface area contributed by atoms with E-state index in [2.05, 4.69) is 21.2 Å². The molecule has 2 atom stereocenters. The minimum atomic E-state index is -1.10. The Morgan fingerprint density at radius 3 is 2.67 bits per heavy atom. The van der Waals surface area contributed by atoms with Crippen molar-refractivity contribution in [3.63, 3.8) is 0 Å². The predicted octanol–water partition coefficient (Wildman–Crippen LogP) is 4.11. The second-order valence-electron chi connectivity index (χ2n) is 4.87. The van der Waals surface area contributed by atoms with Crippen molar-refractivity contribution in [3.8, 4) is 0 Å². The fourth-order valence-electron chi connectivity index (χ4n) is 2.06. The monoisotopic (exact) mass is 355 g/mol. The first-order chi connectivity index (χ1) is 9.97. The van der Waals surface area contributed by atoms with Crippen LogP contribution in [0.1, 0.15) is 30.2 Å². The van der Waals surface area contributed by atoms with Gasteiger partial charge in [0.25, 0.3) is 0 Å². The molecule has 0 heterocycles. The molecule has 0 aliphatic heterocycles. The van der Waals surface area contributed by atoms with Gasteiger partial charge in [0.15, 0.2) is 0 Å². The van der Waals surface area contributed by atoms with E-state index in [4.69, 9.17) is 0 Å². The molecule has 1 unspecified atom stereocenters. The molecule has 0 fully saturated rings. The first kappa shape index (κ1) is 16.1. The maximum absolute atomic E-state index is 13.6. The molecule has 2 aromatic rings. The molecule has 0 amide bonds. The smallest absolute Gasteiger partial charge is 0.129 e. The summed E-state index contributed by atoms with van der Waals surface area (Å²) >= 11 is 3.40. The number of aliphatic hydroxyl groups excluding tert-OH is 1. The van der Waals surface area contributed by atoms with E-state index in [9.17, 15) is 13.9 Å². The number of rotatable bonds is 5. The lowest BCUT2D eigenvalue weighted by Gasteiger charge is -2.18. The second kappa shape index (κ2) is 7.11. The van der Waals surface area contributed by atoms with Gasteiger partial charge in [-0.05, 0) is 42.8 Å². The molecule has 0 saturated carbocycles. The van der Waals surface area contributed by atoms with Gasteiger partial charge in [-0.1, -0.05) is 28.1 Å². The van der Waals surface area contributed by atoms with Crippen molar-refractivity contribution in [3.05, 3.63) is 69.7 Å². The van der Waals surface area contributed by atoms with E-state index >= 15 is 0 Å². The van der Waals surface area contributed by atoms with Gasteiger partial charge in [-0.2, -0.15) is 0 Å². The molecule has 0 aliphatic rings. The van der Waals surface area contributed by atoms with Gasteiger partial charge in [0.2, 0.25) is 0 Å². The molecule has 112 valence electrons. The highest BCUT2D eigenvalue weighted by Gasteiger charge is 2.15. The van der Waals surface area contributed by atoms with Gasteiger partial charge >= 0.3 is 0 Å². The first-order valence-corrected chi connectivity index (χ1v) is 7.38. The van der Waals surface area contributed by atoms with E-state index in [-0.39, 0.29) is 18.2 Å². The number of nitrogens with one attached hydrogen (secondary N) is 1. The van der Waals surface area contributed by atoms with Crippen LogP contribution < -0.4 is 5.32 Å². The Hall–Kier alpha value is -1.30. The van der Waals surface area contributed by atoms with Crippen LogP contribution in [0.3, 0.4) is 0 Å². The second-order valence-corrected chi connectivity index (χ2v) is 5.78. The summed E-state index contributed by atoms with van der Waals surface area (Å²) in [5, 5.41) is 13.1. The summed E-state index contributed by atoms with van der Waals surface area (Å²) in [5.74, 6) is -1.17. The molecule has 2 nitrogen and oxygen atoms in total. The summed E-state index contributed by atoms with van der Waals surface area (Å²) < 4.78 is 27.6. The van der Waals surface area contributed by atoms with Gasteiger partial charge < -0.3 is 10.4 Å². The Kier molecular flexibility index (Phi) is 5.45. The van der Waals surface area contributed by atoms with Crippen molar-refractivity contribution >= 4 is 15.9 Å². The highest BCUT2D eigenvalue weighted by atomic mass is 79.9. The molecule has 5 heteroatoms. The van der Waals surface area contributed by atoms with Crippen molar-refractivity contribution in [2.45, 2.75) is 19.1 Å². The number of aliphatic hydroxyl groups is 1. The van der Waals surface area contributed by atoms with Crippen LogP contribution in [-0.2, 0) is 0 Å². The Morgan fingerprint density at radius 2 is 1.95 bits per heavy atom. The lowest BCUT2D eigenvalue weighted by molar-refractivity contribution is 0.166. The molecule has 2 N–H and O–H groups in total. The molecule has 0 radical (unpaired) electrons. The molecular weight excluding hydrogens is 340 g/mol. The fourth-order valence-corrected chi connectivity index (χ4v) is 2.48. The Balaban J connectivity index is 2.00. The van der Waals surface area contributed by atoms with Crippen molar-refractivity contribution in [2.24, 2.45) is 0 Å². The van der Waals surface area contributed by atoms with Crippen molar-refractivity contribution in [2.75, 3.05) is 6.54 Å². The predicted molar refractivity (Wildman–Crippen MR) is 81.9 cm³/mol. The number of hydrogen-bond donors (Lipinski definition) is 2. The maximum atomic E-state index is 13.6. The number of halogens is 3. The lowest BCUT2D eigenvalue weighted by Crippen LogP contribution is -2.25. The number of benzene rings is 2. The quantitative estimate of drug-likeness (QED) is 0.845. The van der Waals surface area contributed by atoms with Crippen molar-refractivity contribution in [1.29, 1.82) is 0 Å². The average Bonchev–Trinajstić information content (AvgIpc) is 2.47. The summed E-state index contributed by atoms with van der Waals surface area (Å²) in [5.41, 5.74) is 1.00. The minimum Gasteiger partial charge on any atom is -0.387 e. The summed E-state index contributed by atoms with van der Waals surface area (Å²) in [7, 11) is 0. The Bertz CT molecular complexity index is 621. The molecule has 0 aromatic heterocycles. The topological polar surface area (TPSA) is 32.3 Å². The van der Waals surface area contributed by atoms with E-state index in [0.717, 1.165) is 28.2 Å². The molecule has 0 saturated heterocycles. The zero-order valence-corrected chi connectivity index (χ0v) is 13.1. The molecule has 0 spiro atoms. The zero-order valence-electron chi connectivity index (χ0n) is 11.5. The molecule has 2 rings (SSSR count). The van der Waals surface area contributed by atoms with Gasteiger partial charge in [0.1, 0.15) is 11.6 Å². The normalized spacial score (nSPS) is 14.0. The third kappa shape index (κ3) is 4.33. The molecule has 0 aliphatic carbocycles. The third-order valence-corrected chi connectivity index (χ3v) is 3.78. The minimum absolute atomic E-state index is 0.0197. The van der Waals surface area contributed by atoms with Crippen LogP contribution in [0, 0.1) is 11.6 Å². The lowest BCUT2D eigenvalue weighted by atomic mass is 10.1. The molecule has 0 bridgehead atoms. The van der Waals surface area contributed by atoms with E-state index in [0.29, 0.717) is 0 Å². The summed E-state index contributed by atoms with van der Waals surface area (Å²) in [6.07, 6.45) is -1.10. The van der Waals surface area contributed by atoms with E-state index < -0.39 is 17.7 Å². The molecule has 2 aromatic carbocycles. The summed E-state index contributed by atoms with van der Waals surface area (Å²) in [6.45, 7) is 2.07. The van der Waals surface area contributed by atoms with E-state index in [1.54, 1.807) is 0 Å². The third-order valence-electron chi connectivity index (χ3n) is 3.28. The van der Waals surface area contributed by atoms with E-state index in [1.807, 2.05) is 31.2 Å². The Labute approximate surface area is 130 Å². The number of hydrogen-bond acceptors (Lipinski definition) is 2. The maximum Gasteiger partial charge on any atom is 0.129 e. The average molecular weight is 356 g/mol. The van der Waals surface area contributed by atoms with Gasteiger partial charge in [-0.15, -0.1) is 0 Å². The van der Waals surface area contributed by atoms with Crippen molar-refractivity contribution in [1.82, 2.24) is 5.32 Å². The largest absolute Gasteiger partial charge is 0.387 e. The van der Waals surface area contributed by atoms with Gasteiger partial charge in [-0.3, -0.25) is 0 Å². The summed E-state index contributed by atoms with van der Waals surface area (Å²) in [4.78, 5) is 0. The van der Waals surface area contributed by atoms with Gasteiger partial charge in [-0.25, -0.2) is 8.78 Å². The van der Waals surface area contributed by atoms with Gasteiger partial charge in [0, 0.05) is 22.6 Å². The van der Waals surface area contributed by atoms with Crippen LogP contribution in [0.2, 0.25) is 0 Å². The molecular formula is C16H16BrF2NO. The standard InChI is InChI=1S/C16H16BrF2NO/c1-10(11-3-2-4-12(17)7-11)20-9-16(21)14-8-13(18)5-6-15(14)19/h2-8,10,16,20-21H,9H2,1H3/t10-,16?/m0/s1. The van der Waals surface area contributed by atoms with Crippen LogP contribution in [-0.4, -0.2) is 11.7 Å². The van der Waals surface area contributed by atoms with Crippen LogP contribution in [0.5, 0.6) is 0 Å². The van der Waals surface area contributed by atoms with Gasteiger partial charge in [0.05, 0.1) is 6.10 Å². The SMILES string of the molecule is C[C@H](NCC(O)c1cc(F)ccc1F)c1cccc(Br)c1. The van der Waals surface area contributed by atoms with Crippen LogP contribution >= 0.6 is 15.9 Å². The first-order valence-electron chi connectivity index (χ1n) is 6.59. The van der Waals surface area contributed by atoms with Crippen LogP contribution in [0.4, 0.5) is 8.78 Å².